The Morgan fingerprint density at radius 2 is 1.00 bits per heavy atom. The van der Waals surface area contributed by atoms with Gasteiger partial charge in [0, 0.05) is 49.4 Å². The van der Waals surface area contributed by atoms with Crippen molar-refractivity contribution in [2.24, 2.45) is 0 Å². The Morgan fingerprint density at radius 1 is 0.450 bits per heavy atom. The first-order valence-electron chi connectivity index (χ1n) is 20.1. The van der Waals surface area contributed by atoms with Crippen molar-refractivity contribution in [2.75, 3.05) is 0 Å². The van der Waals surface area contributed by atoms with Gasteiger partial charge in [-0.25, -0.2) is 4.85 Å². The van der Waals surface area contributed by atoms with Gasteiger partial charge in [-0.1, -0.05) is 115 Å². The number of rotatable bonds is 3. The quantitative estimate of drug-likeness (QED) is 0.168. The lowest BCUT2D eigenvalue weighted by atomic mass is 9.67. The zero-order chi connectivity index (χ0) is 39.5. The third-order valence-electron chi connectivity index (χ3n) is 12.7. The molecule has 0 fully saturated rings. The molecule has 60 heavy (non-hydrogen) atoms. The molecule has 1 aliphatic heterocycles. The van der Waals surface area contributed by atoms with E-state index < -0.39 is 5.41 Å². The van der Waals surface area contributed by atoms with Crippen molar-refractivity contribution >= 4 is 61.1 Å². The summed E-state index contributed by atoms with van der Waals surface area (Å²) < 4.78 is 4.60. The number of nitrogens with zero attached hydrogens (tertiary/aromatic N) is 5. The Hall–Kier alpha value is -7.72. The van der Waals surface area contributed by atoms with Crippen molar-refractivity contribution in [1.29, 1.82) is 0 Å². The monoisotopic (exact) mass is 781 g/mol. The lowest BCUT2D eigenvalue weighted by Crippen LogP contribution is -2.32. The maximum Gasteiger partial charge on any atom is 0.210 e. The topological polar surface area (TPSA) is 40.0 Å². The molecule has 6 heteroatoms. The minimum atomic E-state index is -0.557. The highest BCUT2D eigenvalue weighted by Crippen LogP contribution is 2.61. The number of pyridine rings is 2. The molecular weight excluding hydrogens is 751 g/mol. The van der Waals surface area contributed by atoms with E-state index in [0.717, 1.165) is 66.7 Å². The van der Waals surface area contributed by atoms with Crippen LogP contribution < -0.4 is 0 Å². The smallest absolute Gasteiger partial charge is 0.210 e. The zero-order valence-corrected chi connectivity index (χ0v) is 32.9. The number of hydrogen-bond acceptors (Lipinski definition) is 3. The van der Waals surface area contributed by atoms with E-state index in [1.807, 2.05) is 30.2 Å². The predicted molar refractivity (Wildman–Crippen MR) is 244 cm³/mol. The number of para-hydroxylation sites is 3. The van der Waals surface area contributed by atoms with Crippen molar-refractivity contribution < 1.29 is 0 Å². The van der Waals surface area contributed by atoms with Gasteiger partial charge in [-0.15, -0.1) is 0 Å². The molecule has 0 bridgehead atoms. The molecule has 2 aliphatic rings. The summed E-state index contributed by atoms with van der Waals surface area (Å²) in [7, 11) is 0. The highest BCUT2D eigenvalue weighted by molar-refractivity contribution is 7.99. The fourth-order valence-corrected chi connectivity index (χ4v) is 11.4. The molecule has 13 rings (SSSR count). The van der Waals surface area contributed by atoms with Gasteiger partial charge in [0.05, 0.1) is 51.1 Å². The van der Waals surface area contributed by atoms with E-state index in [1.54, 1.807) is 0 Å². The van der Waals surface area contributed by atoms with Gasteiger partial charge in [0.1, 0.15) is 0 Å². The summed E-state index contributed by atoms with van der Waals surface area (Å²) in [5.41, 5.74) is 15.3. The van der Waals surface area contributed by atoms with E-state index in [0.29, 0.717) is 5.69 Å². The molecule has 11 aromatic rings. The lowest BCUT2D eigenvalue weighted by Gasteiger charge is -2.39. The molecule has 7 aromatic carbocycles. The second-order valence-corrected chi connectivity index (χ2v) is 16.7. The molecule has 0 amide bonds. The van der Waals surface area contributed by atoms with Gasteiger partial charge >= 0.3 is 0 Å². The van der Waals surface area contributed by atoms with E-state index in [1.165, 1.54) is 42.8 Å². The summed E-state index contributed by atoms with van der Waals surface area (Å²) in [4.78, 5) is 16.4. The standard InChI is InChI=1S/C54H31N5S/c1-55-44-25-24-35(58-45-18-6-2-12-36(45)37-13-3-7-19-46(37)58)32-49(44)59-47-20-8-4-14-38(47)39-30-33(22-26-48(39)59)34-23-27-51-43(31-34)54(40-15-5-9-21-50(40)60-51)41-16-10-28-56-52(41)53-42(54)17-11-29-57-53/h2-32H. The van der Waals surface area contributed by atoms with Gasteiger partial charge in [0.2, 0.25) is 5.69 Å². The minimum Gasteiger partial charge on any atom is -0.319 e. The van der Waals surface area contributed by atoms with Crippen LogP contribution in [0.1, 0.15) is 22.3 Å². The molecule has 0 N–H and O–H groups in total. The van der Waals surface area contributed by atoms with Crippen molar-refractivity contribution in [3.63, 3.8) is 0 Å². The van der Waals surface area contributed by atoms with Crippen LogP contribution in [-0.2, 0) is 5.41 Å². The summed E-state index contributed by atoms with van der Waals surface area (Å²) in [6.45, 7) is 8.33. The van der Waals surface area contributed by atoms with Gasteiger partial charge < -0.3 is 9.13 Å². The molecule has 0 unspecified atom stereocenters. The van der Waals surface area contributed by atoms with E-state index in [-0.39, 0.29) is 0 Å². The van der Waals surface area contributed by atoms with Gasteiger partial charge in [0.15, 0.2) is 0 Å². The number of fused-ring (bicyclic) bond motifs is 15. The van der Waals surface area contributed by atoms with E-state index in [9.17, 15) is 0 Å². The second-order valence-electron chi connectivity index (χ2n) is 15.6. The van der Waals surface area contributed by atoms with Crippen LogP contribution in [0, 0.1) is 6.57 Å². The Bertz CT molecular complexity index is 3580. The summed E-state index contributed by atoms with van der Waals surface area (Å²) in [6.07, 6.45) is 3.76. The predicted octanol–water partition coefficient (Wildman–Crippen LogP) is 13.7. The molecule has 5 heterocycles. The molecule has 5 nitrogen and oxygen atoms in total. The fourth-order valence-electron chi connectivity index (χ4n) is 10.3. The minimum absolute atomic E-state index is 0.557. The van der Waals surface area contributed by atoms with Gasteiger partial charge in [0.25, 0.3) is 0 Å². The van der Waals surface area contributed by atoms with Crippen LogP contribution in [0.2, 0.25) is 0 Å². The van der Waals surface area contributed by atoms with Crippen LogP contribution in [0.25, 0.3) is 82.3 Å². The van der Waals surface area contributed by atoms with Crippen molar-refractivity contribution in [2.45, 2.75) is 15.2 Å². The maximum atomic E-state index is 8.33. The molecule has 1 aliphatic carbocycles. The molecule has 4 aromatic heterocycles. The van der Waals surface area contributed by atoms with Crippen LogP contribution in [0.3, 0.4) is 0 Å². The SMILES string of the molecule is [C-]#[N+]c1ccc(-n2c3ccccc3c3ccccc32)cc1-n1c2ccccc2c2cc(-c3ccc4c(c3)C3(c5ccccc5S4)c4cccnc4-c4ncccc43)ccc21. The van der Waals surface area contributed by atoms with Gasteiger partial charge in [-0.2, -0.15) is 0 Å². The first kappa shape index (κ1) is 33.3. The van der Waals surface area contributed by atoms with E-state index >= 15 is 0 Å². The maximum absolute atomic E-state index is 8.33. The first-order chi connectivity index (χ1) is 29.7. The molecule has 1 spiro atoms. The Kier molecular flexibility index (Phi) is 6.87. The highest BCUT2D eigenvalue weighted by atomic mass is 32.2. The van der Waals surface area contributed by atoms with Crippen molar-refractivity contribution in [1.82, 2.24) is 19.1 Å². The van der Waals surface area contributed by atoms with Crippen LogP contribution in [0.5, 0.6) is 0 Å². The third kappa shape index (κ3) is 4.36. The molecule has 0 atom stereocenters. The summed E-state index contributed by atoms with van der Waals surface area (Å²) in [5, 5.41) is 4.69. The number of aromatic nitrogens is 4. The Morgan fingerprint density at radius 3 is 1.70 bits per heavy atom. The van der Waals surface area contributed by atoms with Crippen LogP contribution in [-0.4, -0.2) is 19.1 Å². The molecule has 0 saturated heterocycles. The summed E-state index contributed by atoms with van der Waals surface area (Å²) in [6, 6.07) is 63.1. The number of benzene rings is 7. The average Bonchev–Trinajstić information content (AvgIpc) is 3.93. The lowest BCUT2D eigenvalue weighted by molar-refractivity contribution is 0.720. The van der Waals surface area contributed by atoms with Gasteiger partial charge in [-0.3, -0.25) is 9.97 Å². The Balaban J connectivity index is 1.02. The zero-order valence-electron chi connectivity index (χ0n) is 32.0. The second kappa shape index (κ2) is 12.4. The van der Waals surface area contributed by atoms with Crippen LogP contribution in [0.4, 0.5) is 5.69 Å². The molecule has 0 radical (unpaired) electrons. The Labute approximate surface area is 349 Å². The molecule has 278 valence electrons. The first-order valence-corrected chi connectivity index (χ1v) is 20.9. The third-order valence-corrected chi connectivity index (χ3v) is 13.9. The highest BCUT2D eigenvalue weighted by Gasteiger charge is 2.51. The average molecular weight is 782 g/mol. The molecule has 0 saturated carbocycles. The van der Waals surface area contributed by atoms with Crippen molar-refractivity contribution in [3.05, 3.63) is 222 Å². The fraction of sp³-hybridized carbons (Fsp3) is 0.0185. The van der Waals surface area contributed by atoms with Crippen LogP contribution >= 0.6 is 11.8 Å². The summed E-state index contributed by atoms with van der Waals surface area (Å²) >= 11 is 1.84. The summed E-state index contributed by atoms with van der Waals surface area (Å²) in [5.74, 6) is 0. The van der Waals surface area contributed by atoms with E-state index in [2.05, 4.69) is 184 Å². The molecular formula is C54H31N5S. The van der Waals surface area contributed by atoms with Gasteiger partial charge in [-0.05, 0) is 106 Å². The van der Waals surface area contributed by atoms with Crippen molar-refractivity contribution in [3.8, 4) is 33.9 Å². The largest absolute Gasteiger partial charge is 0.319 e. The normalized spacial score (nSPS) is 13.4. The van der Waals surface area contributed by atoms with E-state index in [4.69, 9.17) is 16.5 Å². The number of hydrogen-bond donors (Lipinski definition) is 0. The van der Waals surface area contributed by atoms with Crippen LogP contribution in [0.15, 0.2) is 198 Å².